The summed E-state index contributed by atoms with van der Waals surface area (Å²) in [5.41, 5.74) is 1.03. The Morgan fingerprint density at radius 1 is 0.933 bits per heavy atom. The monoisotopic (exact) mass is 412 g/mol. The van der Waals surface area contributed by atoms with E-state index < -0.39 is 6.04 Å². The average Bonchev–Trinajstić information content (AvgIpc) is 2.97. The zero-order valence-corrected chi connectivity index (χ0v) is 17.6. The summed E-state index contributed by atoms with van der Waals surface area (Å²) in [6.45, 7) is 3.57. The molecule has 7 heteroatoms. The van der Waals surface area contributed by atoms with Gasteiger partial charge in [-0.1, -0.05) is 43.2 Å². The normalized spacial score (nSPS) is 24.1. The second-order valence-corrected chi connectivity index (χ2v) is 8.73. The Morgan fingerprint density at radius 3 is 2.27 bits per heavy atom. The van der Waals surface area contributed by atoms with E-state index in [2.05, 4.69) is 15.1 Å². The van der Waals surface area contributed by atoms with Crippen LogP contribution < -0.4 is 5.32 Å². The Morgan fingerprint density at radius 2 is 1.60 bits per heavy atom. The average molecular weight is 413 g/mol. The summed E-state index contributed by atoms with van der Waals surface area (Å²) in [7, 11) is 0. The number of amides is 4. The fourth-order valence-electron chi connectivity index (χ4n) is 4.77. The number of rotatable bonds is 5. The smallest absolute Gasteiger partial charge is 0.325 e. The van der Waals surface area contributed by atoms with Crippen molar-refractivity contribution < 1.29 is 14.4 Å². The Bertz CT molecular complexity index is 753. The van der Waals surface area contributed by atoms with Crippen LogP contribution in [0.5, 0.6) is 0 Å². The Kier molecular flexibility index (Phi) is 6.67. The predicted molar refractivity (Wildman–Crippen MR) is 114 cm³/mol. The van der Waals surface area contributed by atoms with Crippen LogP contribution in [0.3, 0.4) is 0 Å². The molecule has 1 N–H and O–H groups in total. The molecule has 1 aromatic rings. The van der Waals surface area contributed by atoms with Gasteiger partial charge >= 0.3 is 6.03 Å². The molecule has 0 saturated carbocycles. The molecule has 1 atom stereocenters. The molecule has 0 aromatic heterocycles. The molecular formula is C23H32N4O3. The third kappa shape index (κ3) is 4.83. The fourth-order valence-corrected chi connectivity index (χ4v) is 4.77. The summed E-state index contributed by atoms with van der Waals surface area (Å²) in [4.78, 5) is 43.5. The van der Waals surface area contributed by atoms with Crippen LogP contribution in [0.25, 0.3) is 0 Å². The maximum absolute atomic E-state index is 12.9. The quantitative estimate of drug-likeness (QED) is 0.753. The molecule has 0 spiro atoms. The maximum Gasteiger partial charge on any atom is 0.325 e. The summed E-state index contributed by atoms with van der Waals surface area (Å²) in [5.74, 6) is 0.217. The van der Waals surface area contributed by atoms with Gasteiger partial charge in [-0.15, -0.1) is 0 Å². The highest BCUT2D eigenvalue weighted by atomic mass is 16.2. The van der Waals surface area contributed by atoms with Gasteiger partial charge in [0.1, 0.15) is 6.04 Å². The van der Waals surface area contributed by atoms with Gasteiger partial charge < -0.3 is 10.2 Å². The summed E-state index contributed by atoms with van der Waals surface area (Å²) >= 11 is 0. The van der Waals surface area contributed by atoms with Crippen molar-refractivity contribution in [3.8, 4) is 0 Å². The number of carbonyl (C=O) groups excluding carboxylic acids is 3. The number of carbonyl (C=O) groups is 3. The van der Waals surface area contributed by atoms with Gasteiger partial charge in [0.05, 0.1) is 6.67 Å². The molecule has 0 aliphatic carbocycles. The Balaban J connectivity index is 1.27. The Labute approximate surface area is 178 Å². The summed E-state index contributed by atoms with van der Waals surface area (Å²) < 4.78 is 0. The van der Waals surface area contributed by atoms with Crippen molar-refractivity contribution >= 4 is 17.8 Å². The minimum atomic E-state index is -0.498. The molecule has 162 valence electrons. The van der Waals surface area contributed by atoms with Crippen LogP contribution in [-0.4, -0.2) is 71.4 Å². The lowest BCUT2D eigenvalue weighted by molar-refractivity contribution is -0.138. The molecule has 0 bridgehead atoms. The lowest BCUT2D eigenvalue weighted by atomic mass is 9.95. The van der Waals surface area contributed by atoms with Gasteiger partial charge in [0.25, 0.3) is 5.91 Å². The highest BCUT2D eigenvalue weighted by Crippen LogP contribution is 2.23. The number of benzene rings is 1. The number of likely N-dealkylation sites (tertiary alicyclic amines) is 2. The summed E-state index contributed by atoms with van der Waals surface area (Å²) in [6, 6.07) is 8.93. The molecule has 3 fully saturated rings. The van der Waals surface area contributed by atoms with Gasteiger partial charge in [-0.2, -0.15) is 0 Å². The first-order valence-corrected chi connectivity index (χ1v) is 11.3. The largest absolute Gasteiger partial charge is 0.342 e. The van der Waals surface area contributed by atoms with Gasteiger partial charge in [-0.3, -0.25) is 14.5 Å². The molecule has 3 aliphatic rings. The Hall–Kier alpha value is -2.41. The molecule has 3 heterocycles. The number of hydrogen-bond acceptors (Lipinski definition) is 4. The van der Waals surface area contributed by atoms with Crippen LogP contribution in [0, 0.1) is 5.92 Å². The zero-order chi connectivity index (χ0) is 20.9. The van der Waals surface area contributed by atoms with Crippen molar-refractivity contribution in [3.63, 3.8) is 0 Å². The molecule has 30 heavy (non-hydrogen) atoms. The van der Waals surface area contributed by atoms with Crippen molar-refractivity contribution in [3.05, 3.63) is 35.9 Å². The van der Waals surface area contributed by atoms with E-state index in [1.165, 1.54) is 17.7 Å². The van der Waals surface area contributed by atoms with E-state index in [0.717, 1.165) is 57.4 Å². The van der Waals surface area contributed by atoms with Crippen LogP contribution >= 0.6 is 0 Å². The van der Waals surface area contributed by atoms with E-state index in [4.69, 9.17) is 0 Å². The van der Waals surface area contributed by atoms with Crippen LogP contribution in [-0.2, 0) is 16.0 Å². The van der Waals surface area contributed by atoms with Gasteiger partial charge in [0.15, 0.2) is 0 Å². The minimum absolute atomic E-state index is 0.0771. The highest BCUT2D eigenvalue weighted by molar-refractivity contribution is 6.04. The van der Waals surface area contributed by atoms with Gasteiger partial charge in [-0.25, -0.2) is 9.69 Å². The lowest BCUT2D eigenvalue weighted by Crippen LogP contribution is -2.47. The van der Waals surface area contributed by atoms with E-state index in [0.29, 0.717) is 19.0 Å². The van der Waals surface area contributed by atoms with E-state index in [9.17, 15) is 14.4 Å². The summed E-state index contributed by atoms with van der Waals surface area (Å²) in [5, 5.41) is 2.82. The van der Waals surface area contributed by atoms with Crippen molar-refractivity contribution in [2.24, 2.45) is 5.92 Å². The van der Waals surface area contributed by atoms with E-state index in [1.54, 1.807) is 0 Å². The van der Waals surface area contributed by atoms with Crippen molar-refractivity contribution in [1.29, 1.82) is 0 Å². The minimum Gasteiger partial charge on any atom is -0.342 e. The van der Waals surface area contributed by atoms with Crippen LogP contribution in [0.15, 0.2) is 30.3 Å². The summed E-state index contributed by atoms with van der Waals surface area (Å²) in [6.07, 6.45) is 6.77. The first-order chi connectivity index (χ1) is 14.6. The molecular weight excluding hydrogens is 380 g/mol. The fraction of sp³-hybridized carbons (Fsp3) is 0.609. The molecule has 7 nitrogen and oxygen atoms in total. The van der Waals surface area contributed by atoms with E-state index in [-0.39, 0.29) is 17.9 Å². The molecule has 3 aliphatic heterocycles. The first-order valence-electron chi connectivity index (χ1n) is 11.3. The number of imide groups is 1. The maximum atomic E-state index is 12.9. The van der Waals surface area contributed by atoms with Crippen molar-refractivity contribution in [2.75, 3.05) is 32.8 Å². The predicted octanol–water partition coefficient (Wildman–Crippen LogP) is 2.22. The second-order valence-electron chi connectivity index (χ2n) is 8.73. The van der Waals surface area contributed by atoms with Crippen LogP contribution in [0.2, 0.25) is 0 Å². The van der Waals surface area contributed by atoms with Crippen molar-refractivity contribution in [1.82, 2.24) is 20.0 Å². The van der Waals surface area contributed by atoms with Gasteiger partial charge in [0.2, 0.25) is 5.91 Å². The third-order valence-corrected chi connectivity index (χ3v) is 6.59. The topological polar surface area (TPSA) is 73.0 Å². The molecule has 4 rings (SSSR count). The number of nitrogens with zero attached hydrogens (tertiary/aromatic N) is 3. The zero-order valence-electron chi connectivity index (χ0n) is 17.6. The highest BCUT2D eigenvalue weighted by Gasteiger charge is 2.39. The van der Waals surface area contributed by atoms with E-state index in [1.807, 2.05) is 30.3 Å². The molecule has 1 aromatic carbocycles. The van der Waals surface area contributed by atoms with E-state index >= 15 is 0 Å². The lowest BCUT2D eigenvalue weighted by Gasteiger charge is -2.35. The van der Waals surface area contributed by atoms with Crippen LogP contribution in [0.1, 0.15) is 44.1 Å². The third-order valence-electron chi connectivity index (χ3n) is 6.59. The molecule has 4 amide bonds. The number of nitrogens with one attached hydrogen (secondary N) is 1. The van der Waals surface area contributed by atoms with Gasteiger partial charge in [0, 0.05) is 38.5 Å². The second kappa shape index (κ2) is 9.60. The molecule has 3 saturated heterocycles. The molecule has 1 unspecified atom stereocenters. The standard InChI is InChI=1S/C23H32N4O3/c28-21(26-12-6-1-2-7-13-26)19-10-14-25(15-11-19)17-27-22(29)20(24-23(27)30)16-18-8-4-3-5-9-18/h3-5,8-9,19-20H,1-2,6-7,10-17H2,(H,24,30). The first kappa shape index (κ1) is 20.8. The SMILES string of the molecule is O=C(C1CCN(CN2C(=O)NC(Cc3ccccc3)C2=O)CC1)N1CCCCCC1. The number of urea groups is 1. The molecule has 0 radical (unpaired) electrons. The number of piperidine rings is 1. The van der Waals surface area contributed by atoms with Gasteiger partial charge in [-0.05, 0) is 31.2 Å². The van der Waals surface area contributed by atoms with Crippen molar-refractivity contribution in [2.45, 2.75) is 51.0 Å². The number of hydrogen-bond donors (Lipinski definition) is 1. The van der Waals surface area contributed by atoms with Crippen LogP contribution in [0.4, 0.5) is 4.79 Å².